The summed E-state index contributed by atoms with van der Waals surface area (Å²) in [6, 6.07) is 35.4. The molecule has 706 valence electrons. The first-order chi connectivity index (χ1) is 61.3. The number of carbonyl (C=O) groups excluding carboxylic acids is 10. The van der Waals surface area contributed by atoms with E-state index in [2.05, 4.69) is 0 Å². The van der Waals surface area contributed by atoms with Crippen molar-refractivity contribution in [2.45, 2.75) is 228 Å². The third-order valence-corrected chi connectivity index (χ3v) is 23.1. The molecule has 3 aliphatic heterocycles. The summed E-state index contributed by atoms with van der Waals surface area (Å²) in [5, 5.41) is 35.5. The number of aryl methyl sites for hydroxylation is 3. The molecule has 3 saturated heterocycles. The standard InChI is InChI=1S/C33H43NO8.C32H41NO9.C20H24O5.C13H21NO4.CH4O/c1-7-33(3,4)30(36)31(37)34-18-9-8-13-26(34)32(38)42-27(24-11-10-12-25(20-24)41-21-22(2)35)16-14-23-15-17-28(39-5)29(19-23)40-6;1-6-32(2,3)29(36)30(37)33-17-8-7-12-24(33)31(38)42-25(22-10-9-11-23(19-22)41-20-28(34)35)15-13-21-14-16-26(39-4)27(18-21)40-5;1-14(21)13-25-17-6-4-5-16(12-17)18(22)9-7-15-8-10-19(23-2)20(11-15)24-3;1-4-13(2,3)10(15)11(16)14-8-6-5-7-9(14)12(17)18;1-2/h10-12,15,17,19-20,26-27H,7-9,13-14,16,18,21H2,1-6H3;9-11,14,16,18-19,24-25H,6-8,12-13,15,17,20H2,1-5H3,(H,34,35);4-6,8,10-12,18,22H,7,9,13H2,1-3H3;9H,4-8H2,1-3H3,(H,17,18);2H,1H3/t26-,27+;24-,25+;18-;9-;/m0010./s1. The van der Waals surface area contributed by atoms with Gasteiger partial charge < -0.3 is 87.2 Å². The second-order valence-corrected chi connectivity index (χ2v) is 33.5. The van der Waals surface area contributed by atoms with Gasteiger partial charge in [0.05, 0.1) is 48.8 Å². The summed E-state index contributed by atoms with van der Waals surface area (Å²) < 4.78 is 60.6. The number of carbonyl (C=O) groups is 12. The average Bonchev–Trinajstić information content (AvgIpc) is 0.812. The van der Waals surface area contributed by atoms with Crippen molar-refractivity contribution >= 4 is 70.5 Å². The third-order valence-electron chi connectivity index (χ3n) is 23.1. The highest BCUT2D eigenvalue weighted by Gasteiger charge is 2.44. The molecule has 0 spiro atoms. The zero-order valence-corrected chi connectivity index (χ0v) is 78.1. The fraction of sp³-hybridized carbons (Fsp3) is 0.515. The second kappa shape index (κ2) is 53.1. The lowest BCUT2D eigenvalue weighted by Gasteiger charge is -2.36. The smallest absolute Gasteiger partial charge is 0.341 e. The van der Waals surface area contributed by atoms with E-state index < -0.39 is 118 Å². The van der Waals surface area contributed by atoms with E-state index in [-0.39, 0.29) is 24.8 Å². The van der Waals surface area contributed by atoms with E-state index in [1.165, 1.54) is 28.5 Å². The van der Waals surface area contributed by atoms with Crippen molar-refractivity contribution in [3.63, 3.8) is 0 Å². The normalized spacial score (nSPS) is 15.5. The number of Topliss-reactive ketones (excluding diaryl/α,β-unsaturated/α-hetero) is 5. The van der Waals surface area contributed by atoms with Crippen LogP contribution < -0.4 is 42.6 Å². The summed E-state index contributed by atoms with van der Waals surface area (Å²) in [5.41, 5.74) is 2.64. The van der Waals surface area contributed by atoms with Crippen molar-refractivity contribution < 1.29 is 130 Å². The van der Waals surface area contributed by atoms with Gasteiger partial charge >= 0.3 is 23.9 Å². The number of ketones is 5. The molecule has 9 rings (SSSR count). The Morgan fingerprint density at radius 2 is 0.674 bits per heavy atom. The summed E-state index contributed by atoms with van der Waals surface area (Å²) in [7, 11) is 10.5. The van der Waals surface area contributed by atoms with Crippen molar-refractivity contribution in [2.24, 2.45) is 16.2 Å². The molecule has 30 heteroatoms. The minimum Gasteiger partial charge on any atom is -0.493 e. The van der Waals surface area contributed by atoms with Crippen molar-refractivity contribution in [3.05, 3.63) is 161 Å². The monoisotopic (exact) mass is 1800 g/mol. The van der Waals surface area contributed by atoms with E-state index in [1.807, 2.05) is 87.5 Å². The van der Waals surface area contributed by atoms with E-state index in [4.69, 9.17) is 67.4 Å². The molecule has 0 saturated carbocycles. The maximum absolute atomic E-state index is 13.7. The van der Waals surface area contributed by atoms with Crippen LogP contribution in [-0.2, 0) is 86.3 Å². The summed E-state index contributed by atoms with van der Waals surface area (Å²) in [5.74, 6) is -1.73. The van der Waals surface area contributed by atoms with Gasteiger partial charge in [-0.05, 0) is 236 Å². The van der Waals surface area contributed by atoms with E-state index in [1.54, 1.807) is 145 Å². The summed E-state index contributed by atoms with van der Waals surface area (Å²) in [4.78, 5) is 153. The number of ether oxygens (including phenoxy) is 11. The Hall–Kier alpha value is -11.9. The first kappa shape index (κ1) is 108. The predicted octanol–water partition coefficient (Wildman–Crippen LogP) is 14.4. The van der Waals surface area contributed by atoms with Gasteiger partial charge in [0.1, 0.15) is 60.8 Å². The molecular formula is C99H133N3O27. The molecule has 0 unspecified atom stereocenters. The van der Waals surface area contributed by atoms with Gasteiger partial charge in [-0.15, -0.1) is 0 Å². The molecule has 0 bridgehead atoms. The zero-order chi connectivity index (χ0) is 95.9. The van der Waals surface area contributed by atoms with E-state index in [9.17, 15) is 62.6 Å². The Labute approximate surface area is 757 Å². The van der Waals surface area contributed by atoms with E-state index in [0.717, 1.165) is 55.0 Å². The van der Waals surface area contributed by atoms with Gasteiger partial charge in [-0.1, -0.05) is 117 Å². The molecule has 3 heterocycles. The van der Waals surface area contributed by atoms with Crippen molar-refractivity contribution in [1.29, 1.82) is 0 Å². The lowest BCUT2D eigenvalue weighted by atomic mass is 9.84. The number of hydrogen-bond donors (Lipinski definition) is 4. The number of carboxylic acids is 2. The van der Waals surface area contributed by atoms with Gasteiger partial charge in [-0.25, -0.2) is 19.2 Å². The van der Waals surface area contributed by atoms with Crippen LogP contribution in [0.5, 0.6) is 51.7 Å². The van der Waals surface area contributed by atoms with Gasteiger partial charge in [0, 0.05) is 43.0 Å². The van der Waals surface area contributed by atoms with Crippen LogP contribution in [0, 0.1) is 16.2 Å². The van der Waals surface area contributed by atoms with Crippen LogP contribution in [0.15, 0.2) is 127 Å². The lowest BCUT2D eigenvalue weighted by molar-refractivity contribution is -0.165. The number of amides is 3. The molecule has 6 aromatic rings. The summed E-state index contributed by atoms with van der Waals surface area (Å²) in [6.07, 6.45) is 8.36. The number of hydrogen-bond acceptors (Lipinski definition) is 25. The van der Waals surface area contributed by atoms with E-state index in [0.29, 0.717) is 172 Å². The minimum atomic E-state index is -1.11. The van der Waals surface area contributed by atoms with Crippen LogP contribution in [0.2, 0.25) is 0 Å². The van der Waals surface area contributed by atoms with Gasteiger partial charge in [-0.3, -0.25) is 38.4 Å². The fourth-order valence-electron chi connectivity index (χ4n) is 14.1. The number of esters is 2. The number of aliphatic hydroxyl groups excluding tert-OH is 2. The van der Waals surface area contributed by atoms with Gasteiger partial charge in [0.15, 0.2) is 52.7 Å². The molecule has 0 radical (unpaired) electrons. The quantitative estimate of drug-likeness (QED) is 0.0204. The number of carboxylic acid groups (broad SMARTS) is 2. The molecule has 6 atom stereocenters. The van der Waals surface area contributed by atoms with Gasteiger partial charge in [0.2, 0.25) is 17.3 Å². The van der Waals surface area contributed by atoms with Crippen LogP contribution in [-0.4, -0.2) is 213 Å². The Balaban J connectivity index is 0.000000317. The molecular weight excluding hydrogens is 1660 g/mol. The minimum absolute atomic E-state index is 0.0329. The molecule has 3 amide bonds. The Kier molecular flexibility index (Phi) is 44.3. The maximum atomic E-state index is 13.7. The number of aliphatic carboxylic acids is 2. The SMILES string of the molecule is CCC(C)(C)C(=O)C(=O)N1CCCC[C@H]1C(=O)O.CCC(C)(C)C(=O)C(=O)N1CCCC[C@H]1C(=O)O[C@H](CCc1ccc(OC)c(OC)c1)c1cccc(OCC(=O)O)c1.CCC(C)(C)C(=O)C(=O)N1CCCC[C@H]1C(=O)O[C@H](CCc1ccc(OC)c(OC)c1)c1cccc(OCC(C)=O)c1.CO.COc1ccc(CC[C@@H](O)c2cccc(OCC(C)=O)c2)cc1OC. The number of benzene rings is 6. The van der Waals surface area contributed by atoms with Crippen molar-refractivity contribution in [3.8, 4) is 51.7 Å². The second-order valence-electron chi connectivity index (χ2n) is 33.5. The molecule has 30 nitrogen and oxygen atoms in total. The number of nitrogens with zero attached hydrogens (tertiary/aromatic N) is 3. The molecule has 3 aliphatic rings. The van der Waals surface area contributed by atoms with Crippen LogP contribution in [0.3, 0.4) is 0 Å². The fourth-order valence-corrected chi connectivity index (χ4v) is 14.1. The molecule has 0 aromatic heterocycles. The van der Waals surface area contributed by atoms with Gasteiger partial charge in [-0.2, -0.15) is 0 Å². The number of methoxy groups -OCH3 is 6. The highest BCUT2D eigenvalue weighted by molar-refractivity contribution is 6.39. The summed E-state index contributed by atoms with van der Waals surface area (Å²) >= 11 is 0. The molecule has 129 heavy (non-hydrogen) atoms. The van der Waals surface area contributed by atoms with Crippen LogP contribution in [0.25, 0.3) is 0 Å². The number of likely N-dealkylation sites (tertiary alicyclic amines) is 3. The largest absolute Gasteiger partial charge is 0.493 e. The summed E-state index contributed by atoms with van der Waals surface area (Å²) in [6.45, 7) is 19.3. The van der Waals surface area contributed by atoms with Gasteiger partial charge in [0.25, 0.3) is 17.7 Å². The highest BCUT2D eigenvalue weighted by Crippen LogP contribution is 2.38. The Bertz CT molecular complexity index is 4530. The Morgan fingerprint density at radius 1 is 0.380 bits per heavy atom. The zero-order valence-electron chi connectivity index (χ0n) is 78.1. The lowest BCUT2D eigenvalue weighted by Crippen LogP contribution is -2.53. The third kappa shape index (κ3) is 32.7. The number of piperidine rings is 3. The Morgan fingerprint density at radius 3 is 0.977 bits per heavy atom. The van der Waals surface area contributed by atoms with Crippen LogP contribution >= 0.6 is 0 Å². The van der Waals surface area contributed by atoms with E-state index >= 15 is 0 Å². The molecule has 4 N–H and O–H groups in total. The number of aliphatic hydroxyl groups is 2. The highest BCUT2D eigenvalue weighted by atomic mass is 16.6. The molecule has 6 aromatic carbocycles. The molecule has 3 fully saturated rings. The average molecular weight is 1800 g/mol. The molecule has 0 aliphatic carbocycles. The maximum Gasteiger partial charge on any atom is 0.341 e. The number of rotatable bonds is 41. The van der Waals surface area contributed by atoms with Crippen LogP contribution in [0.1, 0.15) is 224 Å². The van der Waals surface area contributed by atoms with Crippen LogP contribution in [0.4, 0.5) is 0 Å². The van der Waals surface area contributed by atoms with Crippen molar-refractivity contribution in [1.82, 2.24) is 14.7 Å². The first-order valence-corrected chi connectivity index (χ1v) is 43.7. The van der Waals surface area contributed by atoms with Crippen molar-refractivity contribution in [2.75, 3.05) is 89.2 Å². The predicted molar refractivity (Wildman–Crippen MR) is 482 cm³/mol. The first-order valence-electron chi connectivity index (χ1n) is 43.7. The topological polar surface area (TPSA) is 397 Å².